The van der Waals surface area contributed by atoms with Crippen molar-refractivity contribution < 1.29 is 4.79 Å². The normalized spacial score (nSPS) is 15.2. The Balaban J connectivity index is 1.46. The van der Waals surface area contributed by atoms with E-state index in [9.17, 15) is 4.79 Å². The lowest BCUT2D eigenvalue weighted by Crippen LogP contribution is -2.32. The van der Waals surface area contributed by atoms with Crippen molar-refractivity contribution in [2.45, 2.75) is 53.1 Å². The van der Waals surface area contributed by atoms with E-state index in [1.54, 1.807) is 0 Å². The zero-order valence-electron chi connectivity index (χ0n) is 21.4. The maximum Gasteiger partial charge on any atom is 0.251 e. The zero-order valence-corrected chi connectivity index (χ0v) is 21.4. The smallest absolute Gasteiger partial charge is 0.251 e. The minimum absolute atomic E-state index is 0.0545. The first kappa shape index (κ1) is 24.9. The van der Waals surface area contributed by atoms with E-state index in [4.69, 9.17) is 0 Å². The second-order valence-corrected chi connectivity index (χ2v) is 10.0. The van der Waals surface area contributed by atoms with E-state index in [0.29, 0.717) is 11.5 Å². The zero-order chi connectivity index (χ0) is 24.8. The number of aromatic nitrogens is 3. The summed E-state index contributed by atoms with van der Waals surface area (Å²) in [6.07, 6.45) is 6.08. The molecular formula is C29H37N5O. The molecule has 0 fully saturated rings. The summed E-state index contributed by atoms with van der Waals surface area (Å²) in [4.78, 5) is 15.6. The molecule has 1 aliphatic rings. The fourth-order valence-corrected chi connectivity index (χ4v) is 4.78. The summed E-state index contributed by atoms with van der Waals surface area (Å²) in [5.74, 6) is 2.23. The fraction of sp³-hybridized carbons (Fsp3) is 0.414. The molecule has 0 saturated carbocycles. The van der Waals surface area contributed by atoms with Gasteiger partial charge < -0.3 is 9.88 Å². The van der Waals surface area contributed by atoms with Crippen molar-refractivity contribution in [3.8, 4) is 0 Å². The van der Waals surface area contributed by atoms with Crippen molar-refractivity contribution in [3.63, 3.8) is 0 Å². The molecule has 1 atom stereocenters. The average molecular weight is 472 g/mol. The number of nitrogens with one attached hydrogen (secondary N) is 1. The van der Waals surface area contributed by atoms with Gasteiger partial charge in [0.1, 0.15) is 5.82 Å². The summed E-state index contributed by atoms with van der Waals surface area (Å²) < 4.78 is 2.23. The highest BCUT2D eigenvalue weighted by molar-refractivity contribution is 5.94. The summed E-state index contributed by atoms with van der Waals surface area (Å²) >= 11 is 0. The molecule has 2 aromatic carbocycles. The van der Waals surface area contributed by atoms with E-state index in [0.717, 1.165) is 61.8 Å². The number of nitrogens with zero attached hydrogens (tertiary/aromatic N) is 4. The van der Waals surface area contributed by atoms with Gasteiger partial charge in [0.2, 0.25) is 0 Å². The fourth-order valence-electron chi connectivity index (χ4n) is 4.78. The van der Waals surface area contributed by atoms with E-state index in [1.807, 2.05) is 32.0 Å². The Kier molecular flexibility index (Phi) is 8.13. The largest absolute Gasteiger partial charge is 0.342 e. The van der Waals surface area contributed by atoms with Crippen molar-refractivity contribution in [1.82, 2.24) is 25.0 Å². The van der Waals surface area contributed by atoms with Crippen LogP contribution < -0.4 is 5.32 Å². The highest BCUT2D eigenvalue weighted by Crippen LogP contribution is 2.23. The van der Waals surface area contributed by atoms with Crippen LogP contribution in [0.2, 0.25) is 0 Å². The predicted octanol–water partition coefficient (Wildman–Crippen LogP) is 4.98. The lowest BCUT2D eigenvalue weighted by Gasteiger charge is -2.22. The first-order valence-electron chi connectivity index (χ1n) is 12.6. The van der Waals surface area contributed by atoms with Crippen LogP contribution in [0, 0.1) is 19.8 Å². The molecule has 0 aliphatic carbocycles. The molecule has 1 aromatic heterocycles. The van der Waals surface area contributed by atoms with Gasteiger partial charge in [0.05, 0.1) is 6.04 Å². The topological polar surface area (TPSA) is 63.1 Å². The third kappa shape index (κ3) is 6.67. The van der Waals surface area contributed by atoms with Crippen molar-refractivity contribution in [2.75, 3.05) is 19.6 Å². The predicted molar refractivity (Wildman–Crippen MR) is 141 cm³/mol. The van der Waals surface area contributed by atoms with E-state index in [1.165, 1.54) is 5.56 Å². The van der Waals surface area contributed by atoms with Crippen LogP contribution in [0.1, 0.15) is 65.0 Å². The van der Waals surface area contributed by atoms with Gasteiger partial charge in [-0.25, -0.2) is 0 Å². The number of rotatable bonds is 8. The van der Waals surface area contributed by atoms with Crippen LogP contribution in [0.25, 0.3) is 6.08 Å². The maximum atomic E-state index is 13.2. The maximum absolute atomic E-state index is 13.2. The van der Waals surface area contributed by atoms with E-state index < -0.39 is 0 Å². The molecule has 35 heavy (non-hydrogen) atoms. The van der Waals surface area contributed by atoms with Crippen LogP contribution in [0.3, 0.4) is 0 Å². The van der Waals surface area contributed by atoms with Gasteiger partial charge in [0.15, 0.2) is 5.82 Å². The number of amides is 1. The van der Waals surface area contributed by atoms with Gasteiger partial charge in [0, 0.05) is 38.2 Å². The first-order chi connectivity index (χ1) is 16.9. The Hall–Kier alpha value is -3.25. The van der Waals surface area contributed by atoms with Gasteiger partial charge in [-0.2, -0.15) is 0 Å². The summed E-state index contributed by atoms with van der Waals surface area (Å²) in [5.41, 5.74) is 4.10. The van der Waals surface area contributed by atoms with Gasteiger partial charge in [-0.05, 0) is 43.9 Å². The molecule has 0 bridgehead atoms. The molecule has 3 aromatic rings. The number of benzene rings is 2. The molecule has 184 valence electrons. The molecule has 2 heterocycles. The minimum Gasteiger partial charge on any atom is -0.342 e. The Labute approximate surface area is 209 Å². The van der Waals surface area contributed by atoms with Crippen LogP contribution in [0.15, 0.2) is 54.6 Å². The highest BCUT2D eigenvalue weighted by atomic mass is 16.1. The van der Waals surface area contributed by atoms with Crippen molar-refractivity contribution in [1.29, 1.82) is 0 Å². The van der Waals surface area contributed by atoms with Gasteiger partial charge in [-0.15, -0.1) is 10.2 Å². The standard InChI is InChI=1S/C29H37N5O/c1-21(2)17-26(30-29(35)25-19-22(3)18-23(4)20-25)28-32-31-27-12-14-33(15-16-34(27)28)13-8-11-24-9-6-5-7-10-24/h5-11,18-21,26H,12-17H2,1-4H3,(H,30,35)/b11-8+/t26-/m0/s1. The molecule has 0 unspecified atom stereocenters. The average Bonchev–Trinajstić information content (AvgIpc) is 3.12. The molecule has 1 N–H and O–H groups in total. The molecule has 6 nitrogen and oxygen atoms in total. The molecular weight excluding hydrogens is 434 g/mol. The van der Waals surface area contributed by atoms with Crippen molar-refractivity contribution in [2.24, 2.45) is 5.92 Å². The number of aryl methyl sites for hydroxylation is 2. The molecule has 4 rings (SSSR count). The lowest BCUT2D eigenvalue weighted by atomic mass is 10.0. The summed E-state index contributed by atoms with van der Waals surface area (Å²) in [6, 6.07) is 16.2. The lowest BCUT2D eigenvalue weighted by molar-refractivity contribution is 0.0928. The summed E-state index contributed by atoms with van der Waals surface area (Å²) in [6.45, 7) is 12.0. The third-order valence-corrected chi connectivity index (χ3v) is 6.43. The minimum atomic E-state index is -0.172. The van der Waals surface area contributed by atoms with Crippen LogP contribution in [-0.2, 0) is 13.0 Å². The monoisotopic (exact) mass is 471 g/mol. The number of carbonyl (C=O) groups is 1. The van der Waals surface area contributed by atoms with Gasteiger partial charge in [0.25, 0.3) is 5.91 Å². The van der Waals surface area contributed by atoms with Crippen molar-refractivity contribution in [3.05, 3.63) is 88.5 Å². The molecule has 0 radical (unpaired) electrons. The van der Waals surface area contributed by atoms with E-state index in [-0.39, 0.29) is 11.9 Å². The van der Waals surface area contributed by atoms with Crippen LogP contribution in [0.4, 0.5) is 0 Å². The SMILES string of the molecule is Cc1cc(C)cc(C(=O)N[C@@H](CC(C)C)c2nnc3n2CCN(C/C=C/c2ccccc2)CC3)c1. The number of hydrogen-bond donors (Lipinski definition) is 1. The highest BCUT2D eigenvalue weighted by Gasteiger charge is 2.26. The van der Waals surface area contributed by atoms with Crippen molar-refractivity contribution >= 4 is 12.0 Å². The number of fused-ring (bicyclic) bond motifs is 1. The van der Waals surface area contributed by atoms with E-state index >= 15 is 0 Å². The molecule has 0 spiro atoms. The molecule has 0 saturated heterocycles. The van der Waals surface area contributed by atoms with E-state index in [2.05, 4.69) is 81.3 Å². The Bertz CT molecular complexity index is 1140. The second-order valence-electron chi connectivity index (χ2n) is 10.0. The quantitative estimate of drug-likeness (QED) is 0.503. The number of hydrogen-bond acceptors (Lipinski definition) is 4. The Morgan fingerprint density at radius 1 is 1.03 bits per heavy atom. The van der Waals surface area contributed by atoms with Crippen LogP contribution in [0.5, 0.6) is 0 Å². The van der Waals surface area contributed by atoms with Crippen LogP contribution >= 0.6 is 0 Å². The van der Waals surface area contributed by atoms with Gasteiger partial charge in [-0.3, -0.25) is 9.69 Å². The van der Waals surface area contributed by atoms with Crippen LogP contribution in [-0.4, -0.2) is 45.2 Å². The number of carbonyl (C=O) groups excluding carboxylic acids is 1. The first-order valence-corrected chi connectivity index (χ1v) is 12.6. The third-order valence-electron chi connectivity index (χ3n) is 6.43. The second kappa shape index (κ2) is 11.5. The molecule has 1 aliphatic heterocycles. The van der Waals surface area contributed by atoms with Gasteiger partial charge >= 0.3 is 0 Å². The molecule has 1 amide bonds. The Morgan fingerprint density at radius 3 is 2.49 bits per heavy atom. The van der Waals surface area contributed by atoms with Gasteiger partial charge in [-0.1, -0.05) is 73.5 Å². The Morgan fingerprint density at radius 2 is 1.77 bits per heavy atom. The summed E-state index contributed by atoms with van der Waals surface area (Å²) in [7, 11) is 0. The summed E-state index contributed by atoms with van der Waals surface area (Å²) in [5, 5.41) is 12.4. The molecule has 6 heteroatoms.